The van der Waals surface area contributed by atoms with Crippen LogP contribution in [0.5, 0.6) is 0 Å². The maximum Gasteiger partial charge on any atom is 0.421 e. The molecule has 6 rings (SSSR count). The van der Waals surface area contributed by atoms with Gasteiger partial charge in [-0.05, 0) is 105 Å². The van der Waals surface area contributed by atoms with E-state index in [0.717, 1.165) is 50.2 Å². The Labute approximate surface area is 296 Å². The molecular formula is C38H53F3N6O2Si. The summed E-state index contributed by atoms with van der Waals surface area (Å²) in [5.74, 6) is 2.11. The lowest BCUT2D eigenvalue weighted by atomic mass is 9.81. The van der Waals surface area contributed by atoms with Gasteiger partial charge in [0.05, 0.1) is 12.6 Å². The number of aromatic nitrogens is 3. The molecule has 1 atom stereocenters. The lowest BCUT2D eigenvalue weighted by Gasteiger charge is -2.39. The average molecular weight is 711 g/mol. The summed E-state index contributed by atoms with van der Waals surface area (Å²) in [5.41, 5.74) is 1.10. The monoisotopic (exact) mass is 710 g/mol. The highest BCUT2D eigenvalue weighted by Crippen LogP contribution is 2.42. The zero-order valence-corrected chi connectivity index (χ0v) is 31.2. The molecule has 4 heterocycles. The van der Waals surface area contributed by atoms with Crippen molar-refractivity contribution < 1.29 is 22.4 Å². The number of hydroxylamine groups is 1. The van der Waals surface area contributed by atoms with Gasteiger partial charge in [0.15, 0.2) is 14.1 Å². The Balaban J connectivity index is 1.00. The van der Waals surface area contributed by atoms with Crippen molar-refractivity contribution in [1.82, 2.24) is 19.9 Å². The Morgan fingerprint density at radius 3 is 2.20 bits per heavy atom. The number of likely N-dealkylation sites (tertiary alicyclic amines) is 1. The third-order valence-electron chi connectivity index (χ3n) is 11.4. The molecule has 1 aromatic carbocycles. The fourth-order valence-corrected chi connectivity index (χ4v) is 8.32. The van der Waals surface area contributed by atoms with Crippen LogP contribution in [0.15, 0.2) is 54.9 Å². The molecule has 0 spiro atoms. The number of hydrogen-bond acceptors (Lipinski definition) is 8. The molecule has 0 radical (unpaired) electrons. The third-order valence-corrected chi connectivity index (χ3v) is 15.9. The molecule has 12 heteroatoms. The molecule has 3 fully saturated rings. The van der Waals surface area contributed by atoms with Crippen LogP contribution >= 0.6 is 0 Å². The highest BCUT2D eigenvalue weighted by molar-refractivity contribution is 6.74. The summed E-state index contributed by atoms with van der Waals surface area (Å²) in [6.45, 7) is 16.2. The minimum absolute atomic E-state index is 0.0287. The summed E-state index contributed by atoms with van der Waals surface area (Å²) in [4.78, 5) is 21.2. The van der Waals surface area contributed by atoms with Crippen LogP contribution in [0.3, 0.4) is 0 Å². The van der Waals surface area contributed by atoms with Gasteiger partial charge in [0, 0.05) is 32.0 Å². The molecule has 8 nitrogen and oxygen atoms in total. The summed E-state index contributed by atoms with van der Waals surface area (Å²) < 4.78 is 48.7. The van der Waals surface area contributed by atoms with Crippen molar-refractivity contribution in [3.63, 3.8) is 0 Å². The standard InChI is InChI=1S/C38H53F3N6O2Si/c1-37(2,3)50(4,5)49-26-28-13-11-27(12-14-28)25-46-20-17-29(18-21-46)31-15-16-34(42-23-31)44-36-43-24-32(38(39,40)41)35(45-36)47-33(19-22-48-47)30-9-7-6-8-10-30/h6-10,15-16,23-24,27-29,33H,11-14,17-22,25-26H2,1-5H3,(H,42,43,44,45)/t27?,28?,33-/m0/s1. The second kappa shape index (κ2) is 15.3. The molecular weight excluding hydrogens is 658 g/mol. The quantitative estimate of drug-likeness (QED) is 0.209. The number of rotatable bonds is 10. The van der Waals surface area contributed by atoms with Gasteiger partial charge in [0.1, 0.15) is 11.4 Å². The van der Waals surface area contributed by atoms with E-state index >= 15 is 0 Å². The van der Waals surface area contributed by atoms with E-state index in [1.807, 2.05) is 42.6 Å². The minimum Gasteiger partial charge on any atom is -0.417 e. The predicted octanol–water partition coefficient (Wildman–Crippen LogP) is 9.52. The van der Waals surface area contributed by atoms with Crippen molar-refractivity contribution in [2.75, 3.05) is 43.2 Å². The summed E-state index contributed by atoms with van der Waals surface area (Å²) in [6.07, 6.45) is 5.92. The van der Waals surface area contributed by atoms with Crippen LogP contribution in [0.4, 0.5) is 30.8 Å². The van der Waals surface area contributed by atoms with E-state index in [4.69, 9.17) is 9.26 Å². The number of benzene rings is 1. The topological polar surface area (TPSA) is 75.6 Å². The number of hydrogen-bond donors (Lipinski definition) is 1. The number of pyridine rings is 1. The third kappa shape index (κ3) is 8.86. The van der Waals surface area contributed by atoms with Crippen molar-refractivity contribution in [2.24, 2.45) is 11.8 Å². The summed E-state index contributed by atoms with van der Waals surface area (Å²) >= 11 is 0. The van der Waals surface area contributed by atoms with E-state index in [9.17, 15) is 13.2 Å². The number of nitrogens with one attached hydrogen (secondary N) is 1. The van der Waals surface area contributed by atoms with Crippen LogP contribution in [0.25, 0.3) is 0 Å². The molecule has 0 bridgehead atoms. The Bertz CT molecular complexity index is 1540. The highest BCUT2D eigenvalue weighted by Gasteiger charge is 2.41. The predicted molar refractivity (Wildman–Crippen MR) is 194 cm³/mol. The van der Waals surface area contributed by atoms with E-state index in [2.05, 4.69) is 65.1 Å². The zero-order chi connectivity index (χ0) is 35.5. The molecule has 2 saturated heterocycles. The Hall–Kier alpha value is -3.06. The van der Waals surface area contributed by atoms with Gasteiger partial charge in [0.25, 0.3) is 0 Å². The smallest absolute Gasteiger partial charge is 0.417 e. The largest absolute Gasteiger partial charge is 0.421 e. The summed E-state index contributed by atoms with van der Waals surface area (Å²) in [7, 11) is -1.69. The fraction of sp³-hybridized carbons (Fsp3) is 0.605. The van der Waals surface area contributed by atoms with Crippen LogP contribution in [-0.2, 0) is 15.4 Å². The summed E-state index contributed by atoms with van der Waals surface area (Å²) in [6, 6.07) is 12.9. The van der Waals surface area contributed by atoms with Crippen molar-refractivity contribution >= 4 is 25.9 Å². The highest BCUT2D eigenvalue weighted by atomic mass is 28.4. The van der Waals surface area contributed by atoms with Crippen LogP contribution in [0.2, 0.25) is 18.1 Å². The number of anilines is 3. The van der Waals surface area contributed by atoms with Crippen molar-refractivity contribution in [2.45, 2.75) is 102 Å². The first-order valence-electron chi connectivity index (χ1n) is 18.3. The molecule has 2 aromatic heterocycles. The van der Waals surface area contributed by atoms with Crippen molar-refractivity contribution in [3.05, 3.63) is 71.5 Å². The maximum atomic E-state index is 14.1. The average Bonchev–Trinajstić information content (AvgIpc) is 3.58. The SMILES string of the molecule is CC(C)(C)[Si](C)(C)OCC1CCC(CN2CCC(c3ccc(Nc4ncc(C(F)(F)F)c(N5OCC[C@H]5c5ccccc5)n4)nc3)CC2)CC1. The molecule has 3 aliphatic rings. The Kier molecular flexibility index (Phi) is 11.2. The first kappa shape index (κ1) is 36.7. The number of piperidine rings is 1. The zero-order valence-electron chi connectivity index (χ0n) is 30.2. The number of halogens is 3. The van der Waals surface area contributed by atoms with Gasteiger partial charge in [-0.3, -0.25) is 4.84 Å². The summed E-state index contributed by atoms with van der Waals surface area (Å²) in [5, 5.41) is 4.54. The fourth-order valence-electron chi connectivity index (χ4n) is 7.23. The minimum atomic E-state index is -4.64. The van der Waals surface area contributed by atoms with Crippen LogP contribution < -0.4 is 10.4 Å². The molecule has 50 heavy (non-hydrogen) atoms. The van der Waals surface area contributed by atoms with Crippen LogP contribution in [0, 0.1) is 11.8 Å². The molecule has 1 saturated carbocycles. The van der Waals surface area contributed by atoms with Crippen LogP contribution in [-0.4, -0.2) is 61.0 Å². The lowest BCUT2D eigenvalue weighted by molar-refractivity contribution is -0.138. The second-order valence-corrected chi connectivity index (χ2v) is 20.7. The molecule has 3 aromatic rings. The molecule has 0 amide bonds. The molecule has 0 unspecified atom stereocenters. The van der Waals surface area contributed by atoms with Gasteiger partial charge in [0.2, 0.25) is 5.95 Å². The van der Waals surface area contributed by atoms with Gasteiger partial charge in [-0.2, -0.15) is 18.2 Å². The van der Waals surface area contributed by atoms with E-state index in [0.29, 0.717) is 30.7 Å². The van der Waals surface area contributed by atoms with Gasteiger partial charge in [-0.1, -0.05) is 57.2 Å². The van der Waals surface area contributed by atoms with Crippen molar-refractivity contribution in [1.29, 1.82) is 0 Å². The van der Waals surface area contributed by atoms with Gasteiger partial charge < -0.3 is 14.6 Å². The van der Waals surface area contributed by atoms with Gasteiger partial charge in [-0.25, -0.2) is 15.0 Å². The second-order valence-electron chi connectivity index (χ2n) is 15.9. The molecule has 2 aliphatic heterocycles. The van der Waals surface area contributed by atoms with Gasteiger partial charge in [-0.15, -0.1) is 0 Å². The van der Waals surface area contributed by atoms with E-state index in [1.165, 1.54) is 42.9 Å². The van der Waals surface area contributed by atoms with Gasteiger partial charge >= 0.3 is 6.18 Å². The van der Waals surface area contributed by atoms with Crippen LogP contribution in [0.1, 0.15) is 94.4 Å². The number of alkyl halides is 3. The molecule has 272 valence electrons. The Morgan fingerprint density at radius 1 is 0.860 bits per heavy atom. The van der Waals surface area contributed by atoms with E-state index in [-0.39, 0.29) is 16.8 Å². The number of nitrogens with zero attached hydrogens (tertiary/aromatic N) is 5. The van der Waals surface area contributed by atoms with Crippen molar-refractivity contribution in [3.8, 4) is 0 Å². The normalized spacial score (nSPS) is 23.0. The maximum absolute atomic E-state index is 14.1. The Morgan fingerprint density at radius 2 is 1.56 bits per heavy atom. The lowest BCUT2D eigenvalue weighted by Crippen LogP contribution is -2.42. The molecule has 1 N–H and O–H groups in total. The van der Waals surface area contributed by atoms with E-state index < -0.39 is 26.1 Å². The first-order valence-corrected chi connectivity index (χ1v) is 21.2. The first-order chi connectivity index (χ1) is 23.8. The van der Waals surface area contributed by atoms with E-state index in [1.54, 1.807) is 0 Å². The molecule has 1 aliphatic carbocycles.